The molecule has 0 unspecified atom stereocenters. The fourth-order valence-corrected chi connectivity index (χ4v) is 7.09. The first kappa shape index (κ1) is 37.3. The molecule has 2 heterocycles. The zero-order chi connectivity index (χ0) is 37.7. The van der Waals surface area contributed by atoms with Gasteiger partial charge in [-0.25, -0.2) is 4.98 Å². The number of rotatable bonds is 7. The van der Waals surface area contributed by atoms with Crippen LogP contribution in [-0.2, 0) is 0 Å². The Kier molecular flexibility index (Phi) is 12.7. The van der Waals surface area contributed by atoms with Gasteiger partial charge in [0.2, 0.25) is 0 Å². The van der Waals surface area contributed by atoms with Crippen molar-refractivity contribution in [2.75, 3.05) is 10.2 Å². The van der Waals surface area contributed by atoms with Gasteiger partial charge in [-0.15, -0.1) is 0 Å². The lowest BCUT2D eigenvalue weighted by molar-refractivity contribution is 1.01. The number of hydrogen-bond acceptors (Lipinski definition) is 3. The van der Waals surface area contributed by atoms with Gasteiger partial charge in [0, 0.05) is 23.1 Å². The minimum absolute atomic E-state index is 0.918. The van der Waals surface area contributed by atoms with E-state index in [4.69, 9.17) is 4.98 Å². The standard InChI is InChI=1S/C30H26N2.C17H17N.C4H6/c1-3-11-22(12-4-2)23-19-20-31-30(21-23)32-28-17-9-7-15-26(28)24-13-5-6-14-25(24)27-16-8-10-18-29(27)32;1-13-16-10-6-5-7-14(16)11-12-17(13)18-15-8-3-2-4-9-15;1-3-4-2/h3-7,9-15,17-21H,1,8,16H2,2H3;3,5-12,18H,2,4H2,1H3;3-4H,1-2H2/b12-4-,22-11+;;. The van der Waals surface area contributed by atoms with Crippen LogP contribution >= 0.6 is 0 Å². The van der Waals surface area contributed by atoms with E-state index in [1.807, 2.05) is 25.3 Å². The highest BCUT2D eigenvalue weighted by atomic mass is 15.2. The van der Waals surface area contributed by atoms with Gasteiger partial charge >= 0.3 is 0 Å². The Hall–Kier alpha value is -6.45. The summed E-state index contributed by atoms with van der Waals surface area (Å²) in [7, 11) is 0. The molecule has 0 bridgehead atoms. The molecule has 1 aliphatic heterocycles. The number of anilines is 3. The van der Waals surface area contributed by atoms with Crippen molar-refractivity contribution in [2.24, 2.45) is 0 Å². The Morgan fingerprint density at radius 3 is 2.26 bits per heavy atom. The lowest BCUT2D eigenvalue weighted by Gasteiger charge is -2.29. The molecule has 3 nitrogen and oxygen atoms in total. The number of para-hydroxylation sites is 1. The number of fused-ring (bicyclic) bond motifs is 5. The first-order chi connectivity index (χ1) is 26.6. The van der Waals surface area contributed by atoms with Crippen molar-refractivity contribution in [3.05, 3.63) is 218 Å². The molecule has 0 saturated carbocycles. The fraction of sp³-hybridized carbons (Fsp3) is 0.118. The smallest absolute Gasteiger partial charge is 0.138 e. The Morgan fingerprint density at radius 1 is 0.759 bits per heavy atom. The highest BCUT2D eigenvalue weighted by Crippen LogP contribution is 2.47. The Bertz CT molecular complexity index is 2340. The van der Waals surface area contributed by atoms with E-state index in [0.717, 1.165) is 48.3 Å². The van der Waals surface area contributed by atoms with Gasteiger partial charge < -0.3 is 5.32 Å². The number of nitrogens with one attached hydrogen (secondary N) is 1. The summed E-state index contributed by atoms with van der Waals surface area (Å²) in [6, 6.07) is 34.5. The summed E-state index contributed by atoms with van der Waals surface area (Å²) in [6.45, 7) is 14.8. The van der Waals surface area contributed by atoms with Crippen molar-refractivity contribution in [3.63, 3.8) is 0 Å². The SMILES string of the molecule is C=C/C=C(\C=C/C)c1ccnc(N2C3=C(CCC=C3)c3ccccc3-c3ccccc32)c1.C=CC=C.Cc1c(NC2=CCCC=C2)ccc2ccccc12. The average molecular weight is 704 g/mol. The third kappa shape index (κ3) is 8.43. The summed E-state index contributed by atoms with van der Waals surface area (Å²) in [5.74, 6) is 0.918. The quantitative estimate of drug-likeness (QED) is 0.171. The molecule has 3 heteroatoms. The zero-order valence-electron chi connectivity index (χ0n) is 31.5. The maximum Gasteiger partial charge on any atom is 0.138 e. The van der Waals surface area contributed by atoms with Crippen molar-refractivity contribution in [1.29, 1.82) is 0 Å². The van der Waals surface area contributed by atoms with Crippen LogP contribution in [0, 0.1) is 6.92 Å². The predicted octanol–water partition coefficient (Wildman–Crippen LogP) is 14.3. The molecule has 0 radical (unpaired) electrons. The summed E-state index contributed by atoms with van der Waals surface area (Å²) in [4.78, 5) is 7.17. The van der Waals surface area contributed by atoms with E-state index in [1.165, 1.54) is 55.7 Å². The molecule has 54 heavy (non-hydrogen) atoms. The Labute approximate surface area is 321 Å². The molecule has 0 saturated heterocycles. The van der Waals surface area contributed by atoms with Gasteiger partial charge in [-0.1, -0.05) is 147 Å². The molecule has 1 aromatic heterocycles. The minimum atomic E-state index is 0.918. The van der Waals surface area contributed by atoms with Crippen LogP contribution in [0.2, 0.25) is 0 Å². The average Bonchev–Trinajstić information content (AvgIpc) is 3.35. The van der Waals surface area contributed by atoms with Crippen LogP contribution in [0.5, 0.6) is 0 Å². The van der Waals surface area contributed by atoms with E-state index >= 15 is 0 Å². The molecule has 4 aromatic carbocycles. The van der Waals surface area contributed by atoms with Gasteiger partial charge in [-0.2, -0.15) is 0 Å². The second-order valence-corrected chi connectivity index (χ2v) is 13.2. The topological polar surface area (TPSA) is 28.2 Å². The molecular weight excluding hydrogens is 655 g/mol. The zero-order valence-corrected chi connectivity index (χ0v) is 31.5. The van der Waals surface area contributed by atoms with E-state index < -0.39 is 0 Å². The van der Waals surface area contributed by atoms with Crippen LogP contribution in [0.4, 0.5) is 17.2 Å². The second kappa shape index (κ2) is 18.3. The van der Waals surface area contributed by atoms with E-state index in [2.05, 4.69) is 176 Å². The van der Waals surface area contributed by atoms with Crippen molar-refractivity contribution in [2.45, 2.75) is 39.5 Å². The van der Waals surface area contributed by atoms with Crippen LogP contribution in [0.3, 0.4) is 0 Å². The van der Waals surface area contributed by atoms with Gasteiger partial charge in [0.25, 0.3) is 0 Å². The van der Waals surface area contributed by atoms with Gasteiger partial charge in [0.1, 0.15) is 5.82 Å². The first-order valence-electron chi connectivity index (χ1n) is 18.7. The summed E-state index contributed by atoms with van der Waals surface area (Å²) in [5, 5.41) is 6.14. The normalized spacial score (nSPS) is 14.3. The number of hydrogen-bond donors (Lipinski definition) is 1. The number of nitrogens with zero attached hydrogens (tertiary/aromatic N) is 2. The van der Waals surface area contributed by atoms with E-state index in [9.17, 15) is 0 Å². The maximum atomic E-state index is 4.84. The largest absolute Gasteiger partial charge is 0.356 e. The number of aryl methyl sites for hydroxylation is 1. The number of pyridine rings is 1. The summed E-state index contributed by atoms with van der Waals surface area (Å²) < 4.78 is 0. The second-order valence-electron chi connectivity index (χ2n) is 13.2. The third-order valence-electron chi connectivity index (χ3n) is 9.66. The van der Waals surface area contributed by atoms with Crippen LogP contribution in [-0.4, -0.2) is 4.98 Å². The third-order valence-corrected chi connectivity index (χ3v) is 9.66. The molecule has 8 rings (SSSR count). The summed E-state index contributed by atoms with van der Waals surface area (Å²) in [5.41, 5.74) is 13.5. The fourth-order valence-electron chi connectivity index (χ4n) is 7.09. The highest BCUT2D eigenvalue weighted by molar-refractivity contribution is 5.97. The number of benzene rings is 4. The molecule has 0 amide bonds. The van der Waals surface area contributed by atoms with E-state index in [0.29, 0.717) is 0 Å². The lowest BCUT2D eigenvalue weighted by Crippen LogP contribution is -2.18. The minimum Gasteiger partial charge on any atom is -0.356 e. The van der Waals surface area contributed by atoms with Crippen molar-refractivity contribution >= 4 is 39.1 Å². The van der Waals surface area contributed by atoms with Gasteiger partial charge in [0.05, 0.1) is 11.4 Å². The number of allylic oxidation sites excluding steroid dienone is 13. The Morgan fingerprint density at radius 2 is 1.50 bits per heavy atom. The molecular formula is C51H49N3. The van der Waals surface area contributed by atoms with Crippen molar-refractivity contribution in [1.82, 2.24) is 4.98 Å². The summed E-state index contributed by atoms with van der Waals surface area (Å²) in [6.07, 6.45) is 28.8. The van der Waals surface area contributed by atoms with Crippen molar-refractivity contribution in [3.8, 4) is 11.1 Å². The predicted molar refractivity (Wildman–Crippen MR) is 236 cm³/mol. The Balaban J connectivity index is 0.000000190. The summed E-state index contributed by atoms with van der Waals surface area (Å²) >= 11 is 0. The first-order valence-corrected chi connectivity index (χ1v) is 18.7. The monoisotopic (exact) mass is 703 g/mol. The molecule has 3 aliphatic rings. The highest BCUT2D eigenvalue weighted by Gasteiger charge is 2.28. The molecule has 0 spiro atoms. The number of aromatic nitrogens is 1. The van der Waals surface area contributed by atoms with Crippen LogP contribution in [0.1, 0.15) is 49.3 Å². The molecule has 0 atom stereocenters. The van der Waals surface area contributed by atoms with Gasteiger partial charge in [0.15, 0.2) is 0 Å². The van der Waals surface area contributed by atoms with Crippen LogP contribution < -0.4 is 10.2 Å². The van der Waals surface area contributed by atoms with Crippen LogP contribution in [0.15, 0.2) is 201 Å². The van der Waals surface area contributed by atoms with Gasteiger partial charge in [-0.05, 0) is 120 Å². The molecule has 5 aromatic rings. The molecule has 268 valence electrons. The van der Waals surface area contributed by atoms with Gasteiger partial charge in [-0.3, -0.25) is 4.90 Å². The van der Waals surface area contributed by atoms with E-state index in [1.54, 1.807) is 12.2 Å². The molecule has 1 N–H and O–H groups in total. The maximum absolute atomic E-state index is 4.84. The van der Waals surface area contributed by atoms with Crippen LogP contribution in [0.25, 0.3) is 33.0 Å². The molecule has 2 aliphatic carbocycles. The van der Waals surface area contributed by atoms with E-state index in [-0.39, 0.29) is 0 Å². The van der Waals surface area contributed by atoms with Crippen molar-refractivity contribution < 1.29 is 0 Å². The lowest BCUT2D eigenvalue weighted by atomic mass is 9.90. The molecule has 0 fully saturated rings.